The van der Waals surface area contributed by atoms with Gasteiger partial charge in [0.2, 0.25) is 5.95 Å². The Labute approximate surface area is 215 Å². The Morgan fingerprint density at radius 1 is 1.03 bits per heavy atom. The number of anilines is 3. The topological polar surface area (TPSA) is 90.1 Å². The molecule has 4 aromatic rings. The summed E-state index contributed by atoms with van der Waals surface area (Å²) in [4.78, 5) is 27.2. The zero-order valence-corrected chi connectivity index (χ0v) is 20.9. The predicted molar refractivity (Wildman–Crippen MR) is 146 cm³/mol. The van der Waals surface area contributed by atoms with Gasteiger partial charge in [-0.25, -0.2) is 4.98 Å². The molecule has 1 aliphatic rings. The van der Waals surface area contributed by atoms with Crippen LogP contribution < -0.4 is 15.8 Å². The molecule has 184 valence electrons. The molecule has 0 radical (unpaired) electrons. The van der Waals surface area contributed by atoms with E-state index in [0.717, 1.165) is 37.4 Å². The van der Waals surface area contributed by atoms with E-state index < -0.39 is 0 Å². The smallest absolute Gasteiger partial charge is 0.268 e. The SMILES string of the molecule is CC#Cc1cc2cnc(Nc3ccc(N4CCN(C)CC4)cc3)nc2n(Cc2ccccc2C#N)c1=O. The van der Waals surface area contributed by atoms with Crippen LogP contribution in [0.1, 0.15) is 23.6 Å². The van der Waals surface area contributed by atoms with Crippen molar-refractivity contribution in [1.29, 1.82) is 5.26 Å². The van der Waals surface area contributed by atoms with Crippen molar-refractivity contribution < 1.29 is 0 Å². The third-order valence-electron chi connectivity index (χ3n) is 6.54. The Bertz CT molecular complexity index is 1600. The van der Waals surface area contributed by atoms with Crippen LogP contribution in [0.2, 0.25) is 0 Å². The van der Waals surface area contributed by atoms with Gasteiger partial charge < -0.3 is 15.1 Å². The quantitative estimate of drug-likeness (QED) is 0.429. The molecule has 1 fully saturated rings. The van der Waals surface area contributed by atoms with Gasteiger partial charge in [0.25, 0.3) is 5.56 Å². The Morgan fingerprint density at radius 3 is 2.51 bits per heavy atom. The summed E-state index contributed by atoms with van der Waals surface area (Å²) in [5.74, 6) is 6.07. The molecule has 0 amide bonds. The normalized spacial score (nSPS) is 13.6. The largest absolute Gasteiger partial charge is 0.369 e. The van der Waals surface area contributed by atoms with Gasteiger partial charge in [0.05, 0.1) is 23.7 Å². The maximum absolute atomic E-state index is 13.3. The van der Waals surface area contributed by atoms with Crippen LogP contribution in [0.25, 0.3) is 11.0 Å². The highest BCUT2D eigenvalue weighted by molar-refractivity contribution is 5.77. The summed E-state index contributed by atoms with van der Waals surface area (Å²) in [6, 6.07) is 19.4. The second-order valence-electron chi connectivity index (χ2n) is 9.03. The Balaban J connectivity index is 1.48. The minimum absolute atomic E-state index is 0.203. The van der Waals surface area contributed by atoms with Gasteiger partial charge in [-0.2, -0.15) is 10.2 Å². The fraction of sp³-hybridized carbons (Fsp3) is 0.241. The molecule has 0 spiro atoms. The summed E-state index contributed by atoms with van der Waals surface area (Å²) < 4.78 is 1.56. The lowest BCUT2D eigenvalue weighted by molar-refractivity contribution is 0.313. The fourth-order valence-corrected chi connectivity index (χ4v) is 4.48. The van der Waals surface area contributed by atoms with Crippen molar-refractivity contribution in [3.8, 4) is 17.9 Å². The lowest BCUT2D eigenvalue weighted by Gasteiger charge is -2.34. The summed E-state index contributed by atoms with van der Waals surface area (Å²) in [5.41, 5.74) is 3.89. The molecule has 0 aliphatic carbocycles. The van der Waals surface area contributed by atoms with Crippen LogP contribution in [-0.4, -0.2) is 52.7 Å². The number of nitriles is 1. The molecule has 3 heterocycles. The van der Waals surface area contributed by atoms with Crippen LogP contribution in [0.15, 0.2) is 65.6 Å². The molecular weight excluding hydrogens is 462 g/mol. The van der Waals surface area contributed by atoms with E-state index in [-0.39, 0.29) is 12.1 Å². The number of hydrogen-bond donors (Lipinski definition) is 1. The highest BCUT2D eigenvalue weighted by Gasteiger charge is 2.15. The number of nitrogens with zero attached hydrogens (tertiary/aromatic N) is 6. The van der Waals surface area contributed by atoms with E-state index in [1.807, 2.05) is 24.3 Å². The molecule has 1 N–H and O–H groups in total. The lowest BCUT2D eigenvalue weighted by atomic mass is 10.1. The number of hydrogen-bond acceptors (Lipinski definition) is 7. The molecule has 37 heavy (non-hydrogen) atoms. The first-order valence-electron chi connectivity index (χ1n) is 12.2. The molecule has 0 unspecified atom stereocenters. The van der Waals surface area contributed by atoms with Gasteiger partial charge in [0.1, 0.15) is 5.65 Å². The Kier molecular flexibility index (Phi) is 6.85. The summed E-state index contributed by atoms with van der Waals surface area (Å²) in [7, 11) is 2.15. The van der Waals surface area contributed by atoms with E-state index >= 15 is 0 Å². The van der Waals surface area contributed by atoms with E-state index in [2.05, 4.69) is 57.2 Å². The predicted octanol–water partition coefficient (Wildman–Crippen LogP) is 3.58. The zero-order chi connectivity index (χ0) is 25.8. The van der Waals surface area contributed by atoms with Gasteiger partial charge in [-0.15, -0.1) is 5.92 Å². The zero-order valence-electron chi connectivity index (χ0n) is 20.9. The average molecular weight is 490 g/mol. The molecule has 1 aliphatic heterocycles. The summed E-state index contributed by atoms with van der Waals surface area (Å²) >= 11 is 0. The van der Waals surface area contributed by atoms with Crippen LogP contribution >= 0.6 is 0 Å². The monoisotopic (exact) mass is 489 g/mol. The first kappa shape index (κ1) is 24.1. The van der Waals surface area contributed by atoms with Crippen molar-refractivity contribution in [3.63, 3.8) is 0 Å². The molecule has 0 bridgehead atoms. The number of rotatable bonds is 5. The maximum Gasteiger partial charge on any atom is 0.268 e. The van der Waals surface area contributed by atoms with Gasteiger partial charge in [-0.05, 0) is 55.9 Å². The van der Waals surface area contributed by atoms with Crippen molar-refractivity contribution in [3.05, 3.63) is 87.8 Å². The molecular formula is C29H27N7O. The second kappa shape index (κ2) is 10.5. The Morgan fingerprint density at radius 2 is 1.78 bits per heavy atom. The highest BCUT2D eigenvalue weighted by atomic mass is 16.1. The number of likely N-dealkylation sites (N-methyl/N-ethyl adjacent to an activating group) is 1. The van der Waals surface area contributed by atoms with E-state index in [0.29, 0.717) is 28.1 Å². The van der Waals surface area contributed by atoms with Gasteiger partial charge in [0, 0.05) is 49.1 Å². The van der Waals surface area contributed by atoms with Crippen LogP contribution in [0.3, 0.4) is 0 Å². The molecule has 8 nitrogen and oxygen atoms in total. The van der Waals surface area contributed by atoms with Crippen molar-refractivity contribution in [2.45, 2.75) is 13.5 Å². The molecule has 0 saturated carbocycles. The molecule has 0 atom stereocenters. The number of benzene rings is 2. The van der Waals surface area contributed by atoms with Crippen molar-refractivity contribution in [2.24, 2.45) is 0 Å². The van der Waals surface area contributed by atoms with Crippen LogP contribution in [-0.2, 0) is 6.54 Å². The summed E-state index contributed by atoms with van der Waals surface area (Å²) in [6.45, 7) is 6.02. The molecule has 2 aromatic carbocycles. The Hall–Kier alpha value is -4.66. The fourth-order valence-electron chi connectivity index (χ4n) is 4.48. The van der Waals surface area contributed by atoms with Gasteiger partial charge in [0.15, 0.2) is 0 Å². The first-order valence-corrected chi connectivity index (χ1v) is 12.2. The van der Waals surface area contributed by atoms with Gasteiger partial charge in [-0.1, -0.05) is 24.1 Å². The van der Waals surface area contributed by atoms with E-state index in [1.165, 1.54) is 5.69 Å². The van der Waals surface area contributed by atoms with Crippen molar-refractivity contribution in [2.75, 3.05) is 43.4 Å². The van der Waals surface area contributed by atoms with Crippen molar-refractivity contribution >= 4 is 28.4 Å². The van der Waals surface area contributed by atoms with E-state index in [9.17, 15) is 10.1 Å². The summed E-state index contributed by atoms with van der Waals surface area (Å²) in [5, 5.41) is 13.5. The van der Waals surface area contributed by atoms with Gasteiger partial charge >= 0.3 is 0 Å². The summed E-state index contributed by atoms with van der Waals surface area (Å²) in [6.07, 6.45) is 1.69. The average Bonchev–Trinajstić information content (AvgIpc) is 2.92. The van der Waals surface area contributed by atoms with Crippen LogP contribution in [0.4, 0.5) is 17.3 Å². The third-order valence-corrected chi connectivity index (χ3v) is 6.54. The van der Waals surface area contributed by atoms with Crippen LogP contribution in [0.5, 0.6) is 0 Å². The number of piperazine rings is 1. The minimum Gasteiger partial charge on any atom is -0.369 e. The molecule has 1 saturated heterocycles. The highest BCUT2D eigenvalue weighted by Crippen LogP contribution is 2.22. The second-order valence-corrected chi connectivity index (χ2v) is 9.03. The van der Waals surface area contributed by atoms with Crippen molar-refractivity contribution in [1.82, 2.24) is 19.4 Å². The van der Waals surface area contributed by atoms with E-state index in [4.69, 9.17) is 4.98 Å². The maximum atomic E-state index is 13.3. The molecule has 2 aromatic heterocycles. The number of nitrogens with one attached hydrogen (secondary N) is 1. The number of aromatic nitrogens is 3. The van der Waals surface area contributed by atoms with Crippen LogP contribution in [0, 0.1) is 23.2 Å². The standard InChI is InChI=1S/C29H27N7O/c1-3-6-21-17-24-19-31-29(32-25-9-11-26(12-10-25)35-15-13-34(2)14-16-35)33-27(24)36(28(21)37)20-23-8-5-4-7-22(23)18-30/h4-5,7-12,17,19H,13-16,20H2,1-2H3,(H,31,32,33). The number of fused-ring (bicyclic) bond motifs is 1. The molecule has 8 heteroatoms. The van der Waals surface area contributed by atoms with Gasteiger partial charge in [-0.3, -0.25) is 9.36 Å². The molecule has 5 rings (SSSR count). The lowest BCUT2D eigenvalue weighted by Crippen LogP contribution is -2.44. The third kappa shape index (κ3) is 5.16. The number of pyridine rings is 1. The minimum atomic E-state index is -0.254. The first-order chi connectivity index (χ1) is 18.1. The van der Waals surface area contributed by atoms with E-state index in [1.54, 1.807) is 35.9 Å².